The first-order valence-corrected chi connectivity index (χ1v) is 17.4. The lowest BCUT2D eigenvalue weighted by molar-refractivity contribution is -0.254. The van der Waals surface area contributed by atoms with Gasteiger partial charge < -0.3 is 23.7 Å². The lowest BCUT2D eigenvalue weighted by Crippen LogP contribution is -2.74. The van der Waals surface area contributed by atoms with Crippen LogP contribution in [0.3, 0.4) is 0 Å². The SMILES string of the molecule is CC[C@]1(OC(C)=O)[C@H](O)C[C@H](C)[C@@]2(C)C(=O)[C@H](C)C3=C(C)[C@@H](O[Si](C)(C)C)C[C@]4(OC(=O)O[C@H]4[C@H]12)C3(C)C. The van der Waals surface area contributed by atoms with Crippen LogP contribution in [0.25, 0.3) is 0 Å². The summed E-state index contributed by atoms with van der Waals surface area (Å²) in [4.78, 5) is 40.5. The van der Waals surface area contributed by atoms with Crippen molar-refractivity contribution in [1.82, 2.24) is 0 Å². The number of fused-ring (bicyclic) bond motifs is 3. The minimum Gasteiger partial charge on any atom is -0.456 e. The maximum absolute atomic E-state index is 14.8. The van der Waals surface area contributed by atoms with Crippen molar-refractivity contribution in [3.05, 3.63) is 11.1 Å². The second-order valence-electron chi connectivity index (χ2n) is 13.8. The molecule has 2 saturated carbocycles. The van der Waals surface area contributed by atoms with Gasteiger partial charge in [-0.2, -0.15) is 0 Å². The van der Waals surface area contributed by atoms with E-state index >= 15 is 0 Å². The predicted octanol–water partition coefficient (Wildman–Crippen LogP) is 5.18. The number of ketones is 1. The first kappa shape index (κ1) is 29.3. The smallest absolute Gasteiger partial charge is 0.456 e. The number of carbonyl (C=O) groups is 3. The fourth-order valence-corrected chi connectivity index (χ4v) is 9.83. The molecule has 0 aromatic heterocycles. The minimum atomic E-state index is -2.05. The summed E-state index contributed by atoms with van der Waals surface area (Å²) in [6, 6.07) is 0. The summed E-state index contributed by atoms with van der Waals surface area (Å²) in [5, 5.41) is 11.6. The van der Waals surface area contributed by atoms with Crippen molar-refractivity contribution in [2.24, 2.45) is 28.6 Å². The van der Waals surface area contributed by atoms with E-state index in [1.165, 1.54) is 6.92 Å². The molecule has 1 saturated heterocycles. The molecule has 3 aliphatic carbocycles. The van der Waals surface area contributed by atoms with Gasteiger partial charge in [0.2, 0.25) is 0 Å². The molecule has 214 valence electrons. The van der Waals surface area contributed by atoms with E-state index in [1.807, 2.05) is 48.5 Å². The Morgan fingerprint density at radius 3 is 2.29 bits per heavy atom. The van der Waals surface area contributed by atoms with Crippen LogP contribution in [-0.2, 0) is 28.2 Å². The summed E-state index contributed by atoms with van der Waals surface area (Å²) in [5.74, 6) is -2.15. The Morgan fingerprint density at radius 2 is 1.76 bits per heavy atom. The molecule has 0 radical (unpaired) electrons. The number of carbonyl (C=O) groups excluding carboxylic acids is 3. The quantitative estimate of drug-likeness (QED) is 0.290. The van der Waals surface area contributed by atoms with Crippen LogP contribution in [0.15, 0.2) is 11.1 Å². The van der Waals surface area contributed by atoms with Gasteiger partial charge in [0, 0.05) is 30.1 Å². The Kier molecular flexibility index (Phi) is 6.85. The van der Waals surface area contributed by atoms with E-state index in [9.17, 15) is 19.5 Å². The molecule has 2 bridgehead atoms. The molecule has 4 rings (SSSR count). The molecule has 8 nitrogen and oxygen atoms in total. The molecule has 1 aliphatic heterocycles. The molecule has 0 unspecified atom stereocenters. The summed E-state index contributed by atoms with van der Waals surface area (Å²) in [6.45, 7) is 21.4. The minimum absolute atomic E-state index is 0.000459. The van der Waals surface area contributed by atoms with Crippen molar-refractivity contribution in [3.8, 4) is 0 Å². The second-order valence-corrected chi connectivity index (χ2v) is 18.3. The van der Waals surface area contributed by atoms with Gasteiger partial charge in [0.15, 0.2) is 20.0 Å². The molecular weight excluding hydrogens is 504 g/mol. The van der Waals surface area contributed by atoms with Gasteiger partial charge in [-0.25, -0.2) is 4.79 Å². The molecule has 1 N–H and O–H groups in total. The highest BCUT2D eigenvalue weighted by molar-refractivity contribution is 6.69. The number of hydrogen-bond donors (Lipinski definition) is 1. The largest absolute Gasteiger partial charge is 0.509 e. The Bertz CT molecular complexity index is 1070. The number of ether oxygens (including phenoxy) is 3. The number of rotatable bonds is 4. The summed E-state index contributed by atoms with van der Waals surface area (Å²) < 4.78 is 25.1. The molecule has 4 aliphatic rings. The van der Waals surface area contributed by atoms with Gasteiger partial charge in [0.1, 0.15) is 11.4 Å². The lowest BCUT2D eigenvalue weighted by Gasteiger charge is -2.64. The summed E-state index contributed by atoms with van der Waals surface area (Å²) in [5.41, 5.74) is -2.55. The summed E-state index contributed by atoms with van der Waals surface area (Å²) in [6.07, 6.45) is -2.27. The number of hydrogen-bond acceptors (Lipinski definition) is 8. The Balaban J connectivity index is 2.10. The molecule has 0 aromatic carbocycles. The van der Waals surface area contributed by atoms with Gasteiger partial charge in [0.25, 0.3) is 0 Å². The standard InChI is InChI=1S/C29H46O8Si/c1-12-28(35-18(5)30)20(31)13-15(2)27(8)22(28)24-29(36-25(33)34-24)14-19(37-38(9,10)11)16(3)21(26(29,6)7)17(4)23(27)32/h15,17,19-20,22,24,31H,12-14H2,1-11H3/t15-,17+,19-,20+,22-,24-,27+,28-,29+/m0/s1. The fraction of sp³-hybridized carbons (Fsp3) is 0.828. The van der Waals surface area contributed by atoms with Crippen LogP contribution >= 0.6 is 0 Å². The number of esters is 1. The summed E-state index contributed by atoms with van der Waals surface area (Å²) in [7, 11) is -2.05. The molecular formula is C29H46O8Si. The van der Waals surface area contributed by atoms with Crippen LogP contribution in [0.2, 0.25) is 19.6 Å². The van der Waals surface area contributed by atoms with Crippen molar-refractivity contribution in [2.75, 3.05) is 0 Å². The molecule has 3 fully saturated rings. The van der Waals surface area contributed by atoms with Crippen LogP contribution in [-0.4, -0.2) is 60.8 Å². The third kappa shape index (κ3) is 3.78. The maximum atomic E-state index is 14.8. The molecule has 0 amide bonds. The van der Waals surface area contributed by atoms with E-state index in [0.29, 0.717) is 6.42 Å². The molecule has 0 aromatic rings. The maximum Gasteiger partial charge on any atom is 0.509 e. The van der Waals surface area contributed by atoms with E-state index < -0.39 is 66.5 Å². The fourth-order valence-electron chi connectivity index (χ4n) is 8.72. The monoisotopic (exact) mass is 550 g/mol. The number of Topliss-reactive ketones (excluding diaryl/α,β-unsaturated/α-hetero) is 1. The Morgan fingerprint density at radius 1 is 1.16 bits per heavy atom. The van der Waals surface area contributed by atoms with Crippen LogP contribution in [0.5, 0.6) is 0 Å². The normalized spacial score (nSPS) is 44.3. The van der Waals surface area contributed by atoms with Gasteiger partial charge >= 0.3 is 12.1 Å². The zero-order chi connectivity index (χ0) is 28.8. The van der Waals surface area contributed by atoms with Crippen LogP contribution in [0.4, 0.5) is 4.79 Å². The van der Waals surface area contributed by atoms with Crippen LogP contribution in [0, 0.1) is 28.6 Å². The van der Waals surface area contributed by atoms with Crippen LogP contribution in [0.1, 0.15) is 74.7 Å². The first-order valence-electron chi connectivity index (χ1n) is 14.0. The van der Waals surface area contributed by atoms with E-state index in [4.69, 9.17) is 18.6 Å². The molecule has 9 atom stereocenters. The molecule has 38 heavy (non-hydrogen) atoms. The van der Waals surface area contributed by atoms with Gasteiger partial charge in [0.05, 0.1) is 18.1 Å². The highest BCUT2D eigenvalue weighted by Gasteiger charge is 2.77. The van der Waals surface area contributed by atoms with Crippen molar-refractivity contribution in [1.29, 1.82) is 0 Å². The predicted molar refractivity (Wildman–Crippen MR) is 144 cm³/mol. The number of aliphatic hydroxyl groups excluding tert-OH is 1. The first-order chi connectivity index (χ1) is 17.3. The van der Waals surface area contributed by atoms with Gasteiger partial charge in [-0.05, 0) is 56.5 Å². The summed E-state index contributed by atoms with van der Waals surface area (Å²) >= 11 is 0. The van der Waals surface area contributed by atoms with E-state index in [0.717, 1.165) is 11.1 Å². The third-order valence-corrected chi connectivity index (χ3v) is 11.4. The average Bonchev–Trinajstić information content (AvgIpc) is 3.10. The molecule has 9 heteroatoms. The van der Waals surface area contributed by atoms with Crippen molar-refractivity contribution >= 4 is 26.2 Å². The van der Waals surface area contributed by atoms with Gasteiger partial charge in [-0.3, -0.25) is 9.59 Å². The number of aliphatic hydroxyl groups is 1. The molecule has 1 heterocycles. The zero-order valence-corrected chi connectivity index (χ0v) is 25.9. The van der Waals surface area contributed by atoms with E-state index in [2.05, 4.69) is 19.6 Å². The second kappa shape index (κ2) is 8.90. The van der Waals surface area contributed by atoms with Crippen molar-refractivity contribution in [2.45, 2.75) is 124 Å². The molecule has 1 spiro atoms. The van der Waals surface area contributed by atoms with Crippen LogP contribution < -0.4 is 0 Å². The Labute approximate surface area is 227 Å². The van der Waals surface area contributed by atoms with Crippen molar-refractivity contribution < 1.29 is 38.1 Å². The topological polar surface area (TPSA) is 108 Å². The average molecular weight is 551 g/mol. The highest BCUT2D eigenvalue weighted by Crippen LogP contribution is 2.67. The zero-order valence-electron chi connectivity index (χ0n) is 24.9. The third-order valence-electron chi connectivity index (χ3n) is 10.5. The van der Waals surface area contributed by atoms with Gasteiger partial charge in [-0.1, -0.05) is 41.5 Å². The van der Waals surface area contributed by atoms with E-state index in [-0.39, 0.29) is 30.6 Å². The Hall–Kier alpha value is -1.71. The lowest BCUT2D eigenvalue weighted by atomic mass is 9.43. The highest BCUT2D eigenvalue weighted by atomic mass is 28.4. The van der Waals surface area contributed by atoms with E-state index in [1.54, 1.807) is 0 Å². The van der Waals surface area contributed by atoms with Gasteiger partial charge in [-0.15, -0.1) is 0 Å². The van der Waals surface area contributed by atoms with Crippen molar-refractivity contribution in [3.63, 3.8) is 0 Å².